The highest BCUT2D eigenvalue weighted by atomic mass is 32.1. The van der Waals surface area contributed by atoms with Crippen molar-refractivity contribution >= 4 is 28.8 Å². The highest BCUT2D eigenvalue weighted by molar-refractivity contribution is 7.12. The van der Waals surface area contributed by atoms with Gasteiger partial charge in [0.05, 0.1) is 10.8 Å². The molecule has 1 unspecified atom stereocenters. The Morgan fingerprint density at radius 2 is 2.20 bits per heavy atom. The van der Waals surface area contributed by atoms with E-state index in [9.17, 15) is 9.59 Å². The molecule has 0 radical (unpaired) electrons. The van der Waals surface area contributed by atoms with E-state index in [0.29, 0.717) is 30.4 Å². The van der Waals surface area contributed by atoms with Crippen LogP contribution >= 0.6 is 11.3 Å². The molecule has 1 saturated heterocycles. The number of piperidine rings is 1. The molecule has 7 nitrogen and oxygen atoms in total. The molecule has 1 fully saturated rings. The lowest BCUT2D eigenvalue weighted by Crippen LogP contribution is -2.39. The number of hydrogen-bond donors (Lipinski definition) is 1. The summed E-state index contributed by atoms with van der Waals surface area (Å²) in [5, 5.41) is 8.93. The van der Waals surface area contributed by atoms with Crippen molar-refractivity contribution in [2.24, 2.45) is 0 Å². The first-order valence-electron chi connectivity index (χ1n) is 10.1. The molecule has 1 atom stereocenters. The lowest BCUT2D eigenvalue weighted by molar-refractivity contribution is -0.115. The topological polar surface area (TPSA) is 88.3 Å². The summed E-state index contributed by atoms with van der Waals surface area (Å²) in [7, 11) is 0. The Hall–Kier alpha value is -3.00. The Labute approximate surface area is 179 Å². The number of likely N-dealkylation sites (tertiary alicyclic amines) is 1. The van der Waals surface area contributed by atoms with Crippen molar-refractivity contribution in [3.8, 4) is 11.4 Å². The highest BCUT2D eigenvalue weighted by Crippen LogP contribution is 2.30. The van der Waals surface area contributed by atoms with Gasteiger partial charge in [-0.05, 0) is 48.9 Å². The molecule has 3 aromatic rings. The van der Waals surface area contributed by atoms with Crippen LogP contribution < -0.4 is 5.32 Å². The zero-order valence-corrected chi connectivity index (χ0v) is 17.9. The van der Waals surface area contributed by atoms with Gasteiger partial charge < -0.3 is 14.7 Å². The third-order valence-corrected chi connectivity index (χ3v) is 6.29. The van der Waals surface area contributed by atoms with Crippen LogP contribution in [0.25, 0.3) is 11.4 Å². The van der Waals surface area contributed by atoms with Gasteiger partial charge in [0.2, 0.25) is 17.6 Å². The molecule has 156 valence electrons. The fourth-order valence-electron chi connectivity index (χ4n) is 3.60. The van der Waals surface area contributed by atoms with Gasteiger partial charge in [-0.1, -0.05) is 24.2 Å². The van der Waals surface area contributed by atoms with Crippen molar-refractivity contribution in [3.05, 3.63) is 52.0 Å². The molecule has 4 rings (SSSR count). The summed E-state index contributed by atoms with van der Waals surface area (Å²) >= 11 is 1.48. The Morgan fingerprint density at radius 3 is 2.97 bits per heavy atom. The Balaban J connectivity index is 1.48. The minimum Gasteiger partial charge on any atom is -0.339 e. The summed E-state index contributed by atoms with van der Waals surface area (Å²) in [5.41, 5.74) is 2.49. The fraction of sp³-hybridized carbons (Fsp3) is 0.364. The number of carbonyl (C=O) groups is 2. The number of anilines is 1. The van der Waals surface area contributed by atoms with Gasteiger partial charge in [0, 0.05) is 30.8 Å². The Bertz CT molecular complexity index is 1060. The van der Waals surface area contributed by atoms with Crippen LogP contribution in [0.3, 0.4) is 0 Å². The number of nitrogens with one attached hydrogen (secondary N) is 1. The van der Waals surface area contributed by atoms with Crippen LogP contribution in [0.4, 0.5) is 5.69 Å². The second-order valence-corrected chi connectivity index (χ2v) is 8.38. The number of nitrogens with zero attached hydrogens (tertiary/aromatic N) is 3. The molecule has 0 spiro atoms. The monoisotopic (exact) mass is 424 g/mol. The van der Waals surface area contributed by atoms with Crippen LogP contribution in [0.5, 0.6) is 0 Å². The number of rotatable bonds is 5. The Kier molecular flexibility index (Phi) is 5.94. The normalized spacial score (nSPS) is 16.5. The van der Waals surface area contributed by atoms with E-state index in [1.165, 1.54) is 11.3 Å². The van der Waals surface area contributed by atoms with Gasteiger partial charge in [-0.3, -0.25) is 9.59 Å². The first-order valence-corrected chi connectivity index (χ1v) is 11.0. The number of amides is 2. The van der Waals surface area contributed by atoms with Gasteiger partial charge in [0.25, 0.3) is 5.91 Å². The number of aromatic nitrogens is 2. The molecule has 1 N–H and O–H groups in total. The molecule has 1 aliphatic heterocycles. The second-order valence-electron chi connectivity index (χ2n) is 7.46. The maximum Gasteiger partial charge on any atom is 0.264 e. The van der Waals surface area contributed by atoms with Crippen molar-refractivity contribution in [1.29, 1.82) is 0 Å². The average Bonchev–Trinajstić information content (AvgIpc) is 3.43. The van der Waals surface area contributed by atoms with Crippen molar-refractivity contribution in [1.82, 2.24) is 15.0 Å². The average molecular weight is 425 g/mol. The van der Waals surface area contributed by atoms with Gasteiger partial charge >= 0.3 is 0 Å². The lowest BCUT2D eigenvalue weighted by Gasteiger charge is -2.30. The van der Waals surface area contributed by atoms with Crippen molar-refractivity contribution < 1.29 is 14.1 Å². The minimum absolute atomic E-state index is 0.0206. The van der Waals surface area contributed by atoms with E-state index >= 15 is 0 Å². The lowest BCUT2D eigenvalue weighted by atomic mass is 9.97. The maximum atomic E-state index is 12.9. The predicted octanol–water partition coefficient (Wildman–Crippen LogP) is 4.47. The van der Waals surface area contributed by atoms with Crippen molar-refractivity contribution in [2.75, 3.05) is 18.4 Å². The first kappa shape index (κ1) is 20.3. The largest absolute Gasteiger partial charge is 0.339 e. The smallest absolute Gasteiger partial charge is 0.264 e. The summed E-state index contributed by atoms with van der Waals surface area (Å²) in [6, 6.07) is 9.36. The van der Waals surface area contributed by atoms with Crippen molar-refractivity contribution in [3.63, 3.8) is 0 Å². The number of hydrogen-bond acceptors (Lipinski definition) is 6. The number of benzene rings is 1. The van der Waals surface area contributed by atoms with E-state index in [1.807, 2.05) is 54.5 Å². The molecule has 30 heavy (non-hydrogen) atoms. The molecule has 2 amide bonds. The third-order valence-electron chi connectivity index (χ3n) is 5.28. The summed E-state index contributed by atoms with van der Waals surface area (Å²) < 4.78 is 5.56. The van der Waals surface area contributed by atoms with Crippen LogP contribution in [0, 0.1) is 6.92 Å². The van der Waals surface area contributed by atoms with Crippen LogP contribution in [-0.2, 0) is 4.79 Å². The van der Waals surface area contributed by atoms with E-state index in [4.69, 9.17) is 4.52 Å². The SMILES string of the molecule is CCC(=O)Nc1cccc(-c2noc(C3CCCN(C(=O)c4sccc4C)C3)n2)c1. The number of thiophene rings is 1. The first-order chi connectivity index (χ1) is 14.5. The molecule has 1 aliphatic rings. The zero-order chi connectivity index (χ0) is 21.1. The van der Waals surface area contributed by atoms with Gasteiger partial charge in [0.1, 0.15) is 0 Å². The summed E-state index contributed by atoms with van der Waals surface area (Å²) in [5.74, 6) is 1.08. The number of carbonyl (C=O) groups excluding carboxylic acids is 2. The molecule has 0 bridgehead atoms. The minimum atomic E-state index is -0.0473. The summed E-state index contributed by atoms with van der Waals surface area (Å²) in [6.45, 7) is 5.09. The van der Waals surface area contributed by atoms with E-state index in [-0.39, 0.29) is 17.7 Å². The van der Waals surface area contributed by atoms with Crippen LogP contribution in [0.1, 0.15) is 53.2 Å². The van der Waals surface area contributed by atoms with Gasteiger partial charge in [-0.15, -0.1) is 11.3 Å². The van der Waals surface area contributed by atoms with E-state index in [0.717, 1.165) is 35.4 Å². The fourth-order valence-corrected chi connectivity index (χ4v) is 4.49. The maximum absolute atomic E-state index is 12.9. The molecule has 2 aromatic heterocycles. The predicted molar refractivity (Wildman–Crippen MR) is 116 cm³/mol. The van der Waals surface area contributed by atoms with Gasteiger partial charge in [0.15, 0.2) is 0 Å². The van der Waals surface area contributed by atoms with Crippen molar-refractivity contribution in [2.45, 2.75) is 39.0 Å². The molecule has 0 saturated carbocycles. The van der Waals surface area contributed by atoms with E-state index in [2.05, 4.69) is 15.5 Å². The van der Waals surface area contributed by atoms with Gasteiger partial charge in [-0.2, -0.15) is 4.98 Å². The molecule has 0 aliphatic carbocycles. The van der Waals surface area contributed by atoms with E-state index in [1.54, 1.807) is 0 Å². The van der Waals surface area contributed by atoms with Crippen LogP contribution in [0.15, 0.2) is 40.2 Å². The highest BCUT2D eigenvalue weighted by Gasteiger charge is 2.30. The summed E-state index contributed by atoms with van der Waals surface area (Å²) in [6.07, 6.45) is 2.22. The molecule has 8 heteroatoms. The quantitative estimate of drug-likeness (QED) is 0.653. The van der Waals surface area contributed by atoms with Crippen LogP contribution in [0.2, 0.25) is 0 Å². The van der Waals surface area contributed by atoms with Crippen LogP contribution in [-0.4, -0.2) is 39.9 Å². The Morgan fingerprint density at radius 1 is 1.33 bits per heavy atom. The third kappa shape index (κ3) is 4.28. The molecule has 1 aromatic carbocycles. The molecular formula is C22H24N4O3S. The summed E-state index contributed by atoms with van der Waals surface area (Å²) in [4.78, 5) is 31.8. The molecule has 3 heterocycles. The second kappa shape index (κ2) is 8.79. The standard InChI is InChI=1S/C22H24N4O3S/c1-3-18(27)23-17-8-4-6-15(12-17)20-24-21(29-25-20)16-7-5-10-26(13-16)22(28)19-14(2)9-11-30-19/h4,6,8-9,11-12,16H,3,5,7,10,13H2,1-2H3,(H,23,27). The van der Waals surface area contributed by atoms with E-state index < -0.39 is 0 Å². The zero-order valence-electron chi connectivity index (χ0n) is 17.1. The molecular weight excluding hydrogens is 400 g/mol. The number of aryl methyl sites for hydroxylation is 1. The van der Waals surface area contributed by atoms with Gasteiger partial charge in [-0.25, -0.2) is 0 Å².